The molecule has 0 aromatic carbocycles. The first kappa shape index (κ1) is 92.7. The molecule has 97 heavy (non-hydrogen) atoms. The molecule has 0 bridgehead atoms. The second-order valence-electron chi connectivity index (χ2n) is 24.7. The van der Waals surface area contributed by atoms with E-state index < -0.39 is 91.5 Å². The molecule has 0 aliphatic heterocycles. The van der Waals surface area contributed by atoms with Crippen molar-refractivity contribution in [1.29, 1.82) is 0 Å². The first-order valence-corrected chi connectivity index (χ1v) is 40.5. The molecule has 0 aliphatic rings. The van der Waals surface area contributed by atoms with E-state index in [0.29, 0.717) is 19.3 Å². The van der Waals surface area contributed by atoms with Crippen LogP contribution < -0.4 is 0 Å². The van der Waals surface area contributed by atoms with Crippen molar-refractivity contribution < 1.29 is 75.8 Å². The van der Waals surface area contributed by atoms with E-state index in [1.165, 1.54) is 51.4 Å². The predicted octanol–water partition coefficient (Wildman–Crippen LogP) is 21.5. The number of rotatable bonds is 70. The molecule has 0 saturated heterocycles. The van der Waals surface area contributed by atoms with Gasteiger partial charge in [-0.3, -0.25) is 32.5 Å². The third-order valence-electron chi connectivity index (χ3n) is 15.3. The van der Waals surface area contributed by atoms with Crippen molar-refractivity contribution in [2.75, 3.05) is 39.6 Å². The zero-order valence-electron chi connectivity index (χ0n) is 60.5. The molecule has 0 aromatic heterocycles. The highest BCUT2D eigenvalue weighted by atomic mass is 31.2. The van der Waals surface area contributed by atoms with E-state index in [1.807, 2.05) is 0 Å². The Morgan fingerprint density at radius 1 is 0.299 bits per heavy atom. The number of unbranched alkanes of at least 4 members (excludes halogenated alkanes) is 25. The van der Waals surface area contributed by atoms with E-state index in [9.17, 15) is 43.5 Å². The minimum absolute atomic E-state index is 0.0848. The Kier molecular flexibility index (Phi) is 68.3. The number of ether oxygens (including phenoxy) is 3. The van der Waals surface area contributed by atoms with Crippen LogP contribution in [-0.4, -0.2) is 95.9 Å². The van der Waals surface area contributed by atoms with Gasteiger partial charge in [-0.15, -0.1) is 0 Å². The van der Waals surface area contributed by atoms with Gasteiger partial charge in [0.1, 0.15) is 25.4 Å². The van der Waals surface area contributed by atoms with Crippen LogP contribution in [-0.2, 0) is 55.8 Å². The van der Waals surface area contributed by atoms with E-state index >= 15 is 0 Å². The highest BCUT2D eigenvalue weighted by Gasteiger charge is 2.29. The smallest absolute Gasteiger partial charge is 0.463 e. The first-order chi connectivity index (χ1) is 47.2. The van der Waals surface area contributed by atoms with Crippen molar-refractivity contribution >= 4 is 33.6 Å². The van der Waals surface area contributed by atoms with Crippen molar-refractivity contribution in [2.45, 2.75) is 309 Å². The predicted molar refractivity (Wildman–Crippen MR) is 399 cm³/mol. The Morgan fingerprint density at radius 2 is 0.546 bits per heavy atom. The van der Waals surface area contributed by atoms with E-state index in [2.05, 4.69) is 154 Å². The van der Waals surface area contributed by atoms with Gasteiger partial charge in [-0.1, -0.05) is 264 Å². The molecule has 0 aromatic rings. The number of phosphoric ester groups is 2. The van der Waals surface area contributed by atoms with E-state index in [1.54, 1.807) is 0 Å². The minimum atomic E-state index is -4.94. The summed E-state index contributed by atoms with van der Waals surface area (Å²) in [6.07, 6.45) is 84.8. The molecule has 0 radical (unpaired) electrons. The van der Waals surface area contributed by atoms with Crippen LogP contribution in [0.2, 0.25) is 0 Å². The molecule has 0 fully saturated rings. The Balaban J connectivity index is 4.70. The molecule has 4 N–H and O–H groups in total. The molecular formula is C79H134O16P2. The Hall–Kier alpha value is -4.31. The summed E-state index contributed by atoms with van der Waals surface area (Å²) in [7, 11) is -9.80. The molecule has 556 valence electrons. The number of aliphatic hydroxyl groups excluding tert-OH is 2. The zero-order valence-corrected chi connectivity index (χ0v) is 62.2. The molecule has 0 spiro atoms. The summed E-state index contributed by atoms with van der Waals surface area (Å²) in [5.41, 5.74) is 0. The summed E-state index contributed by atoms with van der Waals surface area (Å²) in [6, 6.07) is 0. The van der Waals surface area contributed by atoms with Crippen molar-refractivity contribution in [3.63, 3.8) is 0 Å². The topological polar surface area (TPSA) is 231 Å². The molecule has 0 amide bonds. The third-order valence-corrected chi connectivity index (χ3v) is 17.2. The summed E-state index contributed by atoms with van der Waals surface area (Å²) >= 11 is 0. The number of phosphoric acid groups is 2. The summed E-state index contributed by atoms with van der Waals surface area (Å²) in [4.78, 5) is 58.6. The van der Waals surface area contributed by atoms with Gasteiger partial charge in [0.15, 0.2) is 6.10 Å². The normalized spacial score (nSPS) is 14.8. The molecule has 0 saturated carbocycles. The van der Waals surface area contributed by atoms with Crippen LogP contribution in [0.25, 0.3) is 0 Å². The standard InChI is InChI=1S/C79H134O16P2/c1-4-7-10-13-16-19-22-25-28-31-33-35-36-38-40-42-44-47-50-53-56-59-62-65-77(82)89-68-74(80)69-91-96(85,86)92-70-75(81)71-93-97(87,88)94-73-76(95-79(84)67-64-61-58-55-52-49-46-41-30-27-24-21-18-15-12-9-6-3)72-90-78(83)66-63-60-57-54-51-48-45-43-39-37-34-32-29-26-23-20-17-14-11-8-5-2/h9,12,16-21,25-30,33-35,37-38,40,43,45,74-76,80-81H,4-8,10-11,13-15,22-24,31-32,36,39,41-42,44,46-73H2,1-3H3,(H,85,86)(H,87,88)/b12-9-,19-16-,20-17-,21-18-,28-25-,29-26-,30-27-,35-33-,37-34-,40-38-,45-43-. The fraction of sp³-hybridized carbons (Fsp3) is 0.684. The van der Waals surface area contributed by atoms with Crippen LogP contribution in [0.5, 0.6) is 0 Å². The van der Waals surface area contributed by atoms with Crippen molar-refractivity contribution in [3.05, 3.63) is 134 Å². The van der Waals surface area contributed by atoms with Gasteiger partial charge in [-0.25, -0.2) is 9.13 Å². The van der Waals surface area contributed by atoms with Gasteiger partial charge in [0, 0.05) is 19.3 Å². The Morgan fingerprint density at radius 3 is 0.866 bits per heavy atom. The monoisotopic (exact) mass is 1400 g/mol. The quantitative estimate of drug-likeness (QED) is 0.0146. The lowest BCUT2D eigenvalue weighted by atomic mass is 10.1. The maximum atomic E-state index is 13.0. The Bertz CT molecular complexity index is 2300. The van der Waals surface area contributed by atoms with Gasteiger partial charge in [-0.05, 0) is 141 Å². The van der Waals surface area contributed by atoms with E-state index in [4.69, 9.17) is 32.3 Å². The molecule has 0 rings (SSSR count). The van der Waals surface area contributed by atoms with Crippen LogP contribution in [0.1, 0.15) is 290 Å². The molecule has 0 heterocycles. The maximum Gasteiger partial charge on any atom is 0.472 e. The molecule has 16 nitrogen and oxygen atoms in total. The lowest BCUT2D eigenvalue weighted by Crippen LogP contribution is -2.30. The summed E-state index contributed by atoms with van der Waals surface area (Å²) in [6.45, 7) is 2.46. The molecule has 5 atom stereocenters. The fourth-order valence-electron chi connectivity index (χ4n) is 9.61. The number of hydrogen-bond acceptors (Lipinski definition) is 14. The average molecular weight is 1400 g/mol. The van der Waals surface area contributed by atoms with Gasteiger partial charge in [0.05, 0.1) is 26.4 Å². The van der Waals surface area contributed by atoms with Crippen LogP contribution >= 0.6 is 15.6 Å². The van der Waals surface area contributed by atoms with Gasteiger partial charge < -0.3 is 34.2 Å². The molecule has 0 aliphatic carbocycles. The number of aliphatic hydroxyl groups is 2. The second kappa shape index (κ2) is 71.5. The van der Waals surface area contributed by atoms with E-state index in [0.717, 1.165) is 180 Å². The SMILES string of the molecule is CC/C=C\C/C=C\C/C=C\CCCCCCCCCC(=O)OC(COC(=O)CCCCCCC/C=C\C/C=C\C/C=C\C/C=C\CCCCC)COP(=O)(O)OCC(O)COP(=O)(O)OCC(O)COC(=O)CCCCCCCCC/C=C\C/C=C\C/C=C\C/C=C\CCCCC. The molecular weight excluding hydrogens is 1270 g/mol. The maximum absolute atomic E-state index is 13.0. The van der Waals surface area contributed by atoms with E-state index in [-0.39, 0.29) is 19.3 Å². The van der Waals surface area contributed by atoms with Crippen LogP contribution in [0.4, 0.5) is 0 Å². The van der Waals surface area contributed by atoms with Crippen LogP contribution in [0.3, 0.4) is 0 Å². The van der Waals surface area contributed by atoms with Crippen molar-refractivity contribution in [2.24, 2.45) is 0 Å². The van der Waals surface area contributed by atoms with Crippen molar-refractivity contribution in [1.82, 2.24) is 0 Å². The highest BCUT2D eigenvalue weighted by Crippen LogP contribution is 2.45. The zero-order chi connectivity index (χ0) is 70.9. The lowest BCUT2D eigenvalue weighted by Gasteiger charge is -2.21. The summed E-state index contributed by atoms with van der Waals surface area (Å²) in [5.74, 6) is -1.62. The van der Waals surface area contributed by atoms with Gasteiger partial charge >= 0.3 is 33.6 Å². The lowest BCUT2D eigenvalue weighted by molar-refractivity contribution is -0.161. The van der Waals surface area contributed by atoms with Gasteiger partial charge in [0.25, 0.3) is 0 Å². The number of esters is 3. The number of carbonyl (C=O) groups excluding carboxylic acids is 3. The second-order valence-corrected chi connectivity index (χ2v) is 27.6. The minimum Gasteiger partial charge on any atom is -0.463 e. The highest BCUT2D eigenvalue weighted by molar-refractivity contribution is 7.47. The average Bonchev–Trinajstić information content (AvgIpc) is 2.07. The van der Waals surface area contributed by atoms with Gasteiger partial charge in [-0.2, -0.15) is 0 Å². The van der Waals surface area contributed by atoms with Crippen molar-refractivity contribution in [3.8, 4) is 0 Å². The Labute approximate surface area is 588 Å². The third kappa shape index (κ3) is 72.8. The van der Waals surface area contributed by atoms with Crippen LogP contribution in [0, 0.1) is 0 Å². The fourth-order valence-corrected chi connectivity index (χ4v) is 11.2. The van der Waals surface area contributed by atoms with Crippen LogP contribution in [0.15, 0.2) is 134 Å². The first-order valence-electron chi connectivity index (χ1n) is 37.5. The summed E-state index contributed by atoms with van der Waals surface area (Å²) < 4.78 is 61.1. The molecule has 5 unspecified atom stereocenters. The molecule has 18 heteroatoms. The summed E-state index contributed by atoms with van der Waals surface area (Å²) in [5, 5.41) is 20.6. The van der Waals surface area contributed by atoms with Gasteiger partial charge in [0.2, 0.25) is 0 Å². The number of carbonyl (C=O) groups is 3. The largest absolute Gasteiger partial charge is 0.472 e. The number of allylic oxidation sites excluding steroid dienone is 22. The number of hydrogen-bond donors (Lipinski definition) is 4.